The molecule has 0 aliphatic heterocycles. The highest BCUT2D eigenvalue weighted by molar-refractivity contribution is 7.89. The minimum Gasteiger partial charge on any atom is -0.386 e. The summed E-state index contributed by atoms with van der Waals surface area (Å²) in [7, 11) is -3.48. The van der Waals surface area contributed by atoms with Crippen LogP contribution in [0, 0.1) is 5.41 Å². The minimum absolute atomic E-state index is 0.00616. The molecule has 1 aliphatic rings. The smallest absolute Gasteiger partial charge is 0.214 e. The largest absolute Gasteiger partial charge is 0.386 e. The number of sulfonamides is 1. The summed E-state index contributed by atoms with van der Waals surface area (Å²) in [4.78, 5) is 0. The molecule has 0 aromatic rings. The van der Waals surface area contributed by atoms with E-state index >= 15 is 0 Å². The van der Waals surface area contributed by atoms with Crippen molar-refractivity contribution < 1.29 is 13.2 Å². The zero-order chi connectivity index (χ0) is 14.5. The van der Waals surface area contributed by atoms with Crippen molar-refractivity contribution >= 4 is 15.9 Å². The van der Waals surface area contributed by atoms with Crippen LogP contribution < -0.4 is 10.5 Å². The average Bonchev–Trinajstić information content (AvgIpc) is 2.28. The van der Waals surface area contributed by atoms with E-state index in [1.54, 1.807) is 0 Å². The predicted molar refractivity (Wildman–Crippen MR) is 75.7 cm³/mol. The third-order valence-electron chi connectivity index (χ3n) is 3.38. The van der Waals surface area contributed by atoms with Crippen molar-refractivity contribution in [3.63, 3.8) is 0 Å². The van der Waals surface area contributed by atoms with Crippen LogP contribution in [0.15, 0.2) is 0 Å². The highest BCUT2D eigenvalue weighted by atomic mass is 32.2. The van der Waals surface area contributed by atoms with Gasteiger partial charge in [-0.05, 0) is 26.7 Å². The molecule has 0 aromatic carbocycles. The molecule has 1 fully saturated rings. The first-order valence-corrected chi connectivity index (χ1v) is 8.40. The molecule has 6 nitrogen and oxygen atoms in total. The van der Waals surface area contributed by atoms with Crippen LogP contribution >= 0.6 is 0 Å². The molecule has 0 heterocycles. The Labute approximate surface area is 115 Å². The van der Waals surface area contributed by atoms with Gasteiger partial charge in [0, 0.05) is 0 Å². The highest BCUT2D eigenvalue weighted by Gasteiger charge is 2.38. The van der Waals surface area contributed by atoms with Crippen LogP contribution in [-0.4, -0.2) is 38.3 Å². The van der Waals surface area contributed by atoms with E-state index in [9.17, 15) is 8.42 Å². The van der Waals surface area contributed by atoms with Crippen LogP contribution in [0.5, 0.6) is 0 Å². The van der Waals surface area contributed by atoms with Gasteiger partial charge in [-0.3, -0.25) is 5.41 Å². The lowest BCUT2D eigenvalue weighted by molar-refractivity contribution is 0.0910. The van der Waals surface area contributed by atoms with Gasteiger partial charge in [0.15, 0.2) is 0 Å². The Morgan fingerprint density at radius 1 is 1.37 bits per heavy atom. The molecule has 1 saturated carbocycles. The lowest BCUT2D eigenvalue weighted by Gasteiger charge is -2.36. The first-order chi connectivity index (χ1) is 8.77. The molecule has 0 amide bonds. The number of hydrogen-bond donors (Lipinski definition) is 3. The standard InChI is InChI=1S/C12H25N3O3S/c1-10(2)18-8-9-19(16,17)15-12(11(13)14)6-4-3-5-7-12/h10,15H,3-9H2,1-2H3,(H3,13,14). The topological polar surface area (TPSA) is 105 Å². The van der Waals surface area contributed by atoms with Gasteiger partial charge in [0.2, 0.25) is 10.0 Å². The summed E-state index contributed by atoms with van der Waals surface area (Å²) < 4.78 is 32.0. The molecule has 1 rings (SSSR count). The molecule has 0 aromatic heterocycles. The summed E-state index contributed by atoms with van der Waals surface area (Å²) in [6, 6.07) is 0. The SMILES string of the molecule is CC(C)OCCS(=O)(=O)NC1(C(=N)N)CCCCC1. The first-order valence-electron chi connectivity index (χ1n) is 6.75. The second-order valence-corrected chi connectivity index (χ2v) is 7.24. The van der Waals surface area contributed by atoms with Crippen molar-refractivity contribution in [2.24, 2.45) is 5.73 Å². The van der Waals surface area contributed by atoms with Crippen LogP contribution in [0.3, 0.4) is 0 Å². The van der Waals surface area contributed by atoms with E-state index in [-0.39, 0.29) is 24.3 Å². The Morgan fingerprint density at radius 3 is 2.42 bits per heavy atom. The predicted octanol–water partition coefficient (Wildman–Crippen LogP) is 0.970. The highest BCUT2D eigenvalue weighted by Crippen LogP contribution is 2.28. The van der Waals surface area contributed by atoms with Crippen LogP contribution in [0.4, 0.5) is 0 Å². The minimum atomic E-state index is -3.48. The number of nitrogens with one attached hydrogen (secondary N) is 2. The van der Waals surface area contributed by atoms with Crippen LogP contribution in [-0.2, 0) is 14.8 Å². The molecule has 112 valence electrons. The molecule has 0 unspecified atom stereocenters. The van der Waals surface area contributed by atoms with E-state index in [0.717, 1.165) is 19.3 Å². The zero-order valence-electron chi connectivity index (χ0n) is 11.7. The molecule has 1 aliphatic carbocycles. The van der Waals surface area contributed by atoms with Gasteiger partial charge in [-0.25, -0.2) is 13.1 Å². The van der Waals surface area contributed by atoms with Crippen LogP contribution in [0.1, 0.15) is 46.0 Å². The second kappa shape index (κ2) is 6.67. The fourth-order valence-electron chi connectivity index (χ4n) is 2.32. The number of nitrogens with two attached hydrogens (primary N) is 1. The Hall–Kier alpha value is -0.660. The fourth-order valence-corrected chi connectivity index (χ4v) is 3.65. The molecule has 7 heteroatoms. The molecule has 19 heavy (non-hydrogen) atoms. The number of amidine groups is 1. The summed E-state index contributed by atoms with van der Waals surface area (Å²) in [5, 5.41) is 7.68. The fraction of sp³-hybridized carbons (Fsp3) is 0.917. The summed E-state index contributed by atoms with van der Waals surface area (Å²) in [6.07, 6.45) is 4.06. The monoisotopic (exact) mass is 291 g/mol. The summed E-state index contributed by atoms with van der Waals surface area (Å²) >= 11 is 0. The summed E-state index contributed by atoms with van der Waals surface area (Å²) in [6.45, 7) is 3.87. The Balaban J connectivity index is 2.65. The molecule has 0 bridgehead atoms. The first kappa shape index (κ1) is 16.4. The lowest BCUT2D eigenvalue weighted by Crippen LogP contribution is -2.58. The van der Waals surface area contributed by atoms with Gasteiger partial charge < -0.3 is 10.5 Å². The molecular weight excluding hydrogens is 266 g/mol. The van der Waals surface area contributed by atoms with Gasteiger partial charge in [0.05, 0.1) is 24.0 Å². The van der Waals surface area contributed by atoms with Crippen LogP contribution in [0.25, 0.3) is 0 Å². The molecule has 0 spiro atoms. The lowest BCUT2D eigenvalue weighted by atomic mass is 9.82. The van der Waals surface area contributed by atoms with E-state index in [1.165, 1.54) is 0 Å². The van der Waals surface area contributed by atoms with Gasteiger partial charge in [-0.1, -0.05) is 19.3 Å². The van der Waals surface area contributed by atoms with Gasteiger partial charge >= 0.3 is 0 Å². The third-order valence-corrected chi connectivity index (χ3v) is 4.78. The normalized spacial score (nSPS) is 19.5. The van der Waals surface area contributed by atoms with E-state index in [4.69, 9.17) is 15.9 Å². The quantitative estimate of drug-likeness (QED) is 0.480. The van der Waals surface area contributed by atoms with Crippen LogP contribution in [0.2, 0.25) is 0 Å². The molecule has 4 N–H and O–H groups in total. The van der Waals surface area contributed by atoms with Gasteiger partial charge in [0.1, 0.15) is 5.84 Å². The molecular formula is C12H25N3O3S. The molecule has 0 radical (unpaired) electrons. The molecule has 0 saturated heterocycles. The number of ether oxygens (including phenoxy) is 1. The van der Waals surface area contributed by atoms with E-state index in [1.807, 2.05) is 13.8 Å². The average molecular weight is 291 g/mol. The summed E-state index contributed by atoms with van der Waals surface area (Å²) in [5.41, 5.74) is 4.73. The van der Waals surface area contributed by atoms with E-state index in [0.29, 0.717) is 12.8 Å². The maximum Gasteiger partial charge on any atom is 0.214 e. The van der Waals surface area contributed by atoms with Crippen molar-refractivity contribution in [2.45, 2.75) is 57.6 Å². The maximum absolute atomic E-state index is 12.0. The van der Waals surface area contributed by atoms with E-state index in [2.05, 4.69) is 4.72 Å². The zero-order valence-corrected chi connectivity index (χ0v) is 12.6. The maximum atomic E-state index is 12.0. The number of hydrogen-bond acceptors (Lipinski definition) is 4. The van der Waals surface area contributed by atoms with Crippen molar-refractivity contribution in [1.29, 1.82) is 5.41 Å². The van der Waals surface area contributed by atoms with Gasteiger partial charge in [-0.2, -0.15) is 0 Å². The van der Waals surface area contributed by atoms with Crippen molar-refractivity contribution in [3.05, 3.63) is 0 Å². The Kier molecular flexibility index (Phi) is 5.76. The Bertz CT molecular complexity index is 400. The van der Waals surface area contributed by atoms with Crippen molar-refractivity contribution in [1.82, 2.24) is 4.72 Å². The number of rotatable bonds is 7. The van der Waals surface area contributed by atoms with E-state index < -0.39 is 15.6 Å². The van der Waals surface area contributed by atoms with Crippen molar-refractivity contribution in [3.8, 4) is 0 Å². The third kappa shape index (κ3) is 5.08. The summed E-state index contributed by atoms with van der Waals surface area (Å²) in [5.74, 6) is -0.180. The van der Waals surface area contributed by atoms with Gasteiger partial charge in [-0.15, -0.1) is 0 Å². The van der Waals surface area contributed by atoms with Gasteiger partial charge in [0.25, 0.3) is 0 Å². The van der Waals surface area contributed by atoms with Crippen molar-refractivity contribution in [2.75, 3.05) is 12.4 Å². The molecule has 0 atom stereocenters. The Morgan fingerprint density at radius 2 is 1.95 bits per heavy atom. The second-order valence-electron chi connectivity index (χ2n) is 5.40.